The van der Waals surface area contributed by atoms with Gasteiger partial charge in [-0.25, -0.2) is 4.79 Å². The fourth-order valence-electron chi connectivity index (χ4n) is 3.06. The summed E-state index contributed by atoms with van der Waals surface area (Å²) in [6.07, 6.45) is 2.46. The molecule has 2 N–H and O–H groups in total. The highest BCUT2D eigenvalue weighted by molar-refractivity contribution is 6.01. The topological polar surface area (TPSA) is 70.7 Å². The molecule has 3 rings (SSSR count). The number of carbonyl (C=O) groups is 2. The minimum absolute atomic E-state index is 0.104. The Morgan fingerprint density at radius 2 is 1.85 bits per heavy atom. The number of carbonyl (C=O) groups excluding carboxylic acids is 2. The van der Waals surface area contributed by atoms with Crippen LogP contribution in [0.5, 0.6) is 5.75 Å². The number of aryl methyl sites for hydroxylation is 1. The van der Waals surface area contributed by atoms with Gasteiger partial charge in [0, 0.05) is 30.4 Å². The molecule has 1 fully saturated rings. The number of anilines is 3. The molecule has 0 spiro atoms. The van der Waals surface area contributed by atoms with Crippen LogP contribution >= 0.6 is 0 Å². The molecular formula is C20H23N3O3. The summed E-state index contributed by atoms with van der Waals surface area (Å²) >= 11 is 0. The van der Waals surface area contributed by atoms with Crippen LogP contribution in [0.3, 0.4) is 0 Å². The molecule has 3 amide bonds. The number of nitrogens with zero attached hydrogens (tertiary/aromatic N) is 1. The van der Waals surface area contributed by atoms with Gasteiger partial charge in [-0.1, -0.05) is 12.1 Å². The lowest BCUT2D eigenvalue weighted by Gasteiger charge is -2.28. The summed E-state index contributed by atoms with van der Waals surface area (Å²) in [4.78, 5) is 26.1. The summed E-state index contributed by atoms with van der Waals surface area (Å²) in [5.74, 6) is 0.668. The van der Waals surface area contributed by atoms with Crippen molar-refractivity contribution in [3.05, 3.63) is 48.0 Å². The number of nitrogens with one attached hydrogen (secondary N) is 2. The van der Waals surface area contributed by atoms with Crippen molar-refractivity contribution in [2.75, 3.05) is 29.2 Å². The maximum atomic E-state index is 12.2. The molecule has 1 aliphatic rings. The van der Waals surface area contributed by atoms with Crippen molar-refractivity contribution in [2.45, 2.75) is 26.2 Å². The molecule has 1 heterocycles. The number of hydrogen-bond acceptors (Lipinski definition) is 3. The Balaban J connectivity index is 1.72. The highest BCUT2D eigenvalue weighted by Gasteiger charge is 2.22. The number of rotatable bonds is 4. The van der Waals surface area contributed by atoms with E-state index in [1.165, 1.54) is 0 Å². The van der Waals surface area contributed by atoms with Gasteiger partial charge in [0.1, 0.15) is 5.75 Å². The van der Waals surface area contributed by atoms with Gasteiger partial charge in [-0.3, -0.25) is 4.79 Å². The number of piperidine rings is 1. The Hall–Kier alpha value is -3.02. The number of methoxy groups -OCH3 is 1. The zero-order valence-corrected chi connectivity index (χ0v) is 15.0. The molecule has 0 aliphatic carbocycles. The van der Waals surface area contributed by atoms with Crippen molar-refractivity contribution in [3.8, 4) is 5.75 Å². The number of amides is 3. The Morgan fingerprint density at radius 1 is 1.08 bits per heavy atom. The van der Waals surface area contributed by atoms with E-state index in [4.69, 9.17) is 4.74 Å². The van der Waals surface area contributed by atoms with Gasteiger partial charge < -0.3 is 20.3 Å². The van der Waals surface area contributed by atoms with E-state index in [1.54, 1.807) is 24.1 Å². The van der Waals surface area contributed by atoms with Crippen LogP contribution < -0.4 is 20.3 Å². The van der Waals surface area contributed by atoms with Gasteiger partial charge >= 0.3 is 6.03 Å². The largest absolute Gasteiger partial charge is 0.494 e. The first-order valence-corrected chi connectivity index (χ1v) is 8.70. The van der Waals surface area contributed by atoms with Crippen molar-refractivity contribution in [3.63, 3.8) is 0 Å². The first-order valence-electron chi connectivity index (χ1n) is 8.70. The predicted molar refractivity (Wildman–Crippen MR) is 103 cm³/mol. The van der Waals surface area contributed by atoms with Crippen LogP contribution in [0.2, 0.25) is 0 Å². The molecule has 2 aromatic rings. The average Bonchev–Trinajstić information content (AvgIpc) is 2.62. The maximum Gasteiger partial charge on any atom is 0.323 e. The summed E-state index contributed by atoms with van der Waals surface area (Å²) in [5, 5.41) is 5.59. The molecule has 136 valence electrons. The van der Waals surface area contributed by atoms with Gasteiger partial charge in [0.05, 0.1) is 12.8 Å². The number of hydrogen-bond donors (Lipinski definition) is 2. The zero-order valence-electron chi connectivity index (χ0n) is 15.0. The first-order chi connectivity index (χ1) is 12.6. The molecule has 2 aromatic carbocycles. The molecule has 1 aliphatic heterocycles. The standard InChI is InChI=1S/C20H23N3O3/c1-14-6-5-7-15(12-14)21-20(25)22-16-9-10-17(18(13-16)26-2)23-11-4-3-8-19(23)24/h5-7,9-10,12-13H,3-4,8,11H2,1-2H3,(H2,21,22,25). The van der Waals surface area contributed by atoms with Gasteiger partial charge in [-0.05, 0) is 49.6 Å². The molecule has 6 heteroatoms. The van der Waals surface area contributed by atoms with Gasteiger partial charge in [0.25, 0.3) is 0 Å². The van der Waals surface area contributed by atoms with Gasteiger partial charge in [-0.15, -0.1) is 0 Å². The van der Waals surface area contributed by atoms with Crippen LogP contribution in [-0.4, -0.2) is 25.6 Å². The summed E-state index contributed by atoms with van der Waals surface area (Å²) in [6.45, 7) is 2.66. The van der Waals surface area contributed by atoms with E-state index < -0.39 is 0 Å². The maximum absolute atomic E-state index is 12.2. The Bertz CT molecular complexity index is 820. The third kappa shape index (κ3) is 4.14. The van der Waals surface area contributed by atoms with Crippen LogP contribution in [0.4, 0.5) is 21.9 Å². The second-order valence-electron chi connectivity index (χ2n) is 6.34. The molecule has 1 saturated heterocycles. The van der Waals surface area contributed by atoms with Crippen LogP contribution in [-0.2, 0) is 4.79 Å². The van der Waals surface area contributed by atoms with E-state index in [2.05, 4.69) is 10.6 Å². The minimum Gasteiger partial charge on any atom is -0.494 e. The number of ether oxygens (including phenoxy) is 1. The fourth-order valence-corrected chi connectivity index (χ4v) is 3.06. The predicted octanol–water partition coefficient (Wildman–Crippen LogP) is 4.16. The normalized spacial score (nSPS) is 14.1. The third-order valence-electron chi connectivity index (χ3n) is 4.33. The fraction of sp³-hybridized carbons (Fsp3) is 0.300. The van der Waals surface area contributed by atoms with E-state index in [9.17, 15) is 9.59 Å². The lowest BCUT2D eigenvalue weighted by molar-refractivity contribution is -0.119. The van der Waals surface area contributed by atoms with Crippen molar-refractivity contribution in [1.82, 2.24) is 0 Å². The molecule has 0 radical (unpaired) electrons. The van der Waals surface area contributed by atoms with Crippen LogP contribution in [0.25, 0.3) is 0 Å². The molecular weight excluding hydrogens is 330 g/mol. The van der Waals surface area contributed by atoms with E-state index in [0.717, 1.165) is 29.8 Å². The van der Waals surface area contributed by atoms with Crippen LogP contribution in [0, 0.1) is 6.92 Å². The highest BCUT2D eigenvalue weighted by atomic mass is 16.5. The SMILES string of the molecule is COc1cc(NC(=O)Nc2cccc(C)c2)ccc1N1CCCCC1=O. The van der Waals surface area contributed by atoms with Crippen molar-refractivity contribution >= 4 is 29.0 Å². The van der Waals surface area contributed by atoms with Crippen LogP contribution in [0.1, 0.15) is 24.8 Å². The molecule has 0 aromatic heterocycles. The third-order valence-corrected chi connectivity index (χ3v) is 4.33. The van der Waals surface area contributed by atoms with Crippen molar-refractivity contribution < 1.29 is 14.3 Å². The summed E-state index contributed by atoms with van der Waals surface area (Å²) in [5.41, 5.74) is 3.13. The van der Waals surface area contributed by atoms with Gasteiger partial charge in [0.15, 0.2) is 0 Å². The monoisotopic (exact) mass is 353 g/mol. The van der Waals surface area contributed by atoms with Gasteiger partial charge in [-0.2, -0.15) is 0 Å². The van der Waals surface area contributed by atoms with E-state index in [-0.39, 0.29) is 11.9 Å². The summed E-state index contributed by atoms with van der Waals surface area (Å²) < 4.78 is 5.44. The Morgan fingerprint density at radius 3 is 2.54 bits per heavy atom. The minimum atomic E-state index is -0.334. The molecule has 0 unspecified atom stereocenters. The van der Waals surface area contributed by atoms with Gasteiger partial charge in [0.2, 0.25) is 5.91 Å². The lowest BCUT2D eigenvalue weighted by atomic mass is 10.1. The second-order valence-corrected chi connectivity index (χ2v) is 6.34. The van der Waals surface area contributed by atoms with Crippen molar-refractivity contribution in [2.24, 2.45) is 0 Å². The Kier molecular flexibility index (Phi) is 5.41. The molecule has 0 bridgehead atoms. The smallest absolute Gasteiger partial charge is 0.323 e. The molecule has 6 nitrogen and oxygen atoms in total. The quantitative estimate of drug-likeness (QED) is 0.867. The van der Waals surface area contributed by atoms with Crippen molar-refractivity contribution in [1.29, 1.82) is 0 Å². The van der Waals surface area contributed by atoms with E-state index >= 15 is 0 Å². The second kappa shape index (κ2) is 7.91. The number of urea groups is 1. The lowest BCUT2D eigenvalue weighted by Crippen LogP contribution is -2.35. The average molecular weight is 353 g/mol. The highest BCUT2D eigenvalue weighted by Crippen LogP contribution is 2.33. The molecule has 0 atom stereocenters. The molecule has 26 heavy (non-hydrogen) atoms. The summed E-state index contributed by atoms with van der Waals surface area (Å²) in [7, 11) is 1.56. The number of benzene rings is 2. The zero-order chi connectivity index (χ0) is 18.5. The van der Waals surface area contributed by atoms with E-state index in [1.807, 2.05) is 37.3 Å². The first kappa shape index (κ1) is 17.8. The van der Waals surface area contributed by atoms with Crippen LogP contribution in [0.15, 0.2) is 42.5 Å². The Labute approximate surface area is 153 Å². The van der Waals surface area contributed by atoms with E-state index in [0.29, 0.717) is 24.4 Å². The summed E-state index contributed by atoms with van der Waals surface area (Å²) in [6, 6.07) is 12.6. The molecule has 0 saturated carbocycles.